The number of hydrogen-bond donors (Lipinski definition) is 2. The minimum absolute atomic E-state index is 0.0259. The Morgan fingerprint density at radius 1 is 1.39 bits per heavy atom. The molecule has 1 rings (SSSR count). The molecule has 0 bridgehead atoms. The molecule has 0 aromatic heterocycles. The number of unbranched alkanes of at least 4 members (excludes halogenated alkanes) is 2. The van der Waals surface area contributed by atoms with Gasteiger partial charge in [0.25, 0.3) is 5.69 Å². The van der Waals surface area contributed by atoms with E-state index >= 15 is 0 Å². The number of nitrogens with one attached hydrogen (secondary N) is 1. The van der Waals surface area contributed by atoms with E-state index in [-0.39, 0.29) is 5.69 Å². The summed E-state index contributed by atoms with van der Waals surface area (Å²) >= 11 is 1.86. The van der Waals surface area contributed by atoms with Gasteiger partial charge in [-0.3, -0.25) is 10.1 Å². The summed E-state index contributed by atoms with van der Waals surface area (Å²) in [6.07, 6.45) is 5.59. The minimum atomic E-state index is -0.442. The van der Waals surface area contributed by atoms with Gasteiger partial charge < -0.3 is 11.1 Å². The zero-order valence-electron chi connectivity index (χ0n) is 10.5. The van der Waals surface area contributed by atoms with Gasteiger partial charge in [-0.1, -0.05) is 6.42 Å². The van der Waals surface area contributed by atoms with Crippen molar-refractivity contribution >= 4 is 28.8 Å². The zero-order valence-corrected chi connectivity index (χ0v) is 11.3. The fourth-order valence-corrected chi connectivity index (χ4v) is 2.09. The third kappa shape index (κ3) is 4.83. The summed E-state index contributed by atoms with van der Waals surface area (Å²) in [5.41, 5.74) is 6.97. The number of nitrogen functional groups attached to an aromatic ring is 1. The topological polar surface area (TPSA) is 81.2 Å². The summed E-state index contributed by atoms with van der Waals surface area (Å²) < 4.78 is 0. The molecule has 0 saturated heterocycles. The van der Waals surface area contributed by atoms with Crippen molar-refractivity contribution in [3.63, 3.8) is 0 Å². The first-order valence-electron chi connectivity index (χ1n) is 5.92. The van der Waals surface area contributed by atoms with Crippen molar-refractivity contribution in [2.24, 2.45) is 0 Å². The normalized spacial score (nSPS) is 10.3. The summed E-state index contributed by atoms with van der Waals surface area (Å²) in [4.78, 5) is 10.1. The van der Waals surface area contributed by atoms with E-state index in [2.05, 4.69) is 11.6 Å². The Kier molecular flexibility index (Phi) is 6.35. The van der Waals surface area contributed by atoms with E-state index < -0.39 is 4.92 Å². The highest BCUT2D eigenvalue weighted by atomic mass is 32.2. The molecule has 0 unspecified atom stereocenters. The van der Waals surface area contributed by atoms with Crippen LogP contribution in [0.3, 0.4) is 0 Å². The highest BCUT2D eigenvalue weighted by Gasteiger charge is 2.07. The quantitative estimate of drug-likeness (QED) is 0.328. The van der Waals surface area contributed by atoms with Crippen LogP contribution in [-0.4, -0.2) is 23.5 Å². The largest absolute Gasteiger partial charge is 0.397 e. The van der Waals surface area contributed by atoms with Crippen LogP contribution in [0.15, 0.2) is 18.2 Å². The van der Waals surface area contributed by atoms with E-state index in [9.17, 15) is 10.1 Å². The highest BCUT2D eigenvalue weighted by Crippen LogP contribution is 2.24. The summed E-state index contributed by atoms with van der Waals surface area (Å²) in [7, 11) is 0. The van der Waals surface area contributed by atoms with Crippen LogP contribution in [0.5, 0.6) is 0 Å². The van der Waals surface area contributed by atoms with Crippen molar-refractivity contribution in [3.05, 3.63) is 28.3 Å². The van der Waals surface area contributed by atoms with Gasteiger partial charge in [-0.25, -0.2) is 0 Å². The molecular formula is C12H19N3O2S. The monoisotopic (exact) mass is 269 g/mol. The summed E-state index contributed by atoms with van der Waals surface area (Å²) in [6, 6.07) is 4.51. The summed E-state index contributed by atoms with van der Waals surface area (Å²) in [5.74, 6) is 1.19. The Morgan fingerprint density at radius 3 is 2.78 bits per heavy atom. The van der Waals surface area contributed by atoms with E-state index in [0.29, 0.717) is 5.69 Å². The average molecular weight is 269 g/mol. The number of nitro groups is 1. The zero-order chi connectivity index (χ0) is 13.4. The molecule has 3 N–H and O–H groups in total. The number of non-ortho nitro benzene ring substituents is 1. The van der Waals surface area contributed by atoms with Gasteiger partial charge in [-0.05, 0) is 30.9 Å². The van der Waals surface area contributed by atoms with Crippen LogP contribution in [0.1, 0.15) is 19.3 Å². The third-order valence-corrected chi connectivity index (χ3v) is 3.28. The second kappa shape index (κ2) is 7.81. The van der Waals surface area contributed by atoms with Gasteiger partial charge in [-0.15, -0.1) is 0 Å². The lowest BCUT2D eigenvalue weighted by atomic mass is 10.2. The standard InChI is InChI=1S/C12H19N3O2S/c1-18-8-4-2-3-7-14-12-6-5-10(15(16)17)9-11(12)13/h5-6,9,14H,2-4,7-8,13H2,1H3. The van der Waals surface area contributed by atoms with E-state index in [1.807, 2.05) is 11.8 Å². The van der Waals surface area contributed by atoms with E-state index in [1.165, 1.54) is 30.7 Å². The van der Waals surface area contributed by atoms with Crippen LogP contribution >= 0.6 is 11.8 Å². The molecule has 0 atom stereocenters. The molecule has 0 aliphatic carbocycles. The predicted octanol–water partition coefficient (Wildman–Crippen LogP) is 3.12. The molecule has 0 amide bonds. The molecule has 0 aliphatic heterocycles. The molecule has 100 valence electrons. The Hall–Kier alpha value is -1.43. The second-order valence-corrected chi connectivity index (χ2v) is 4.99. The fraction of sp³-hybridized carbons (Fsp3) is 0.500. The molecule has 0 radical (unpaired) electrons. The molecule has 0 saturated carbocycles. The Morgan fingerprint density at radius 2 is 2.17 bits per heavy atom. The number of anilines is 2. The van der Waals surface area contributed by atoms with Gasteiger partial charge in [0.2, 0.25) is 0 Å². The highest BCUT2D eigenvalue weighted by molar-refractivity contribution is 7.98. The Labute approximate surface area is 111 Å². The lowest BCUT2D eigenvalue weighted by Gasteiger charge is -2.08. The maximum atomic E-state index is 10.6. The number of thioether (sulfide) groups is 1. The van der Waals surface area contributed by atoms with Crippen molar-refractivity contribution in [2.75, 3.05) is 29.6 Å². The van der Waals surface area contributed by atoms with Crippen LogP contribution in [0.2, 0.25) is 0 Å². The van der Waals surface area contributed by atoms with E-state index in [0.717, 1.165) is 18.7 Å². The molecule has 18 heavy (non-hydrogen) atoms. The van der Waals surface area contributed by atoms with Crippen LogP contribution in [0.25, 0.3) is 0 Å². The molecule has 0 aliphatic rings. The molecule has 0 heterocycles. The molecular weight excluding hydrogens is 250 g/mol. The van der Waals surface area contributed by atoms with E-state index in [4.69, 9.17) is 5.73 Å². The lowest BCUT2D eigenvalue weighted by molar-refractivity contribution is -0.384. The van der Waals surface area contributed by atoms with Gasteiger partial charge in [0.1, 0.15) is 0 Å². The van der Waals surface area contributed by atoms with Crippen LogP contribution in [0.4, 0.5) is 17.1 Å². The number of rotatable bonds is 8. The Bertz CT molecular complexity index is 399. The van der Waals surface area contributed by atoms with Gasteiger partial charge in [0, 0.05) is 18.7 Å². The first kappa shape index (κ1) is 14.6. The summed E-state index contributed by atoms with van der Waals surface area (Å²) in [6.45, 7) is 0.844. The Balaban J connectivity index is 2.36. The van der Waals surface area contributed by atoms with E-state index in [1.54, 1.807) is 6.07 Å². The van der Waals surface area contributed by atoms with Gasteiger partial charge in [-0.2, -0.15) is 11.8 Å². The average Bonchev–Trinajstić information content (AvgIpc) is 2.35. The lowest BCUT2D eigenvalue weighted by Crippen LogP contribution is -2.04. The maximum absolute atomic E-state index is 10.6. The van der Waals surface area contributed by atoms with Crippen molar-refractivity contribution in [1.29, 1.82) is 0 Å². The third-order valence-electron chi connectivity index (χ3n) is 2.59. The molecule has 0 spiro atoms. The molecule has 1 aromatic carbocycles. The number of nitrogens with zero attached hydrogens (tertiary/aromatic N) is 1. The van der Waals surface area contributed by atoms with Crippen molar-refractivity contribution in [3.8, 4) is 0 Å². The number of benzene rings is 1. The number of nitro benzene ring substituents is 1. The first-order valence-corrected chi connectivity index (χ1v) is 7.31. The molecule has 5 nitrogen and oxygen atoms in total. The predicted molar refractivity (Wildman–Crippen MR) is 78.2 cm³/mol. The fourth-order valence-electron chi connectivity index (χ4n) is 1.60. The number of hydrogen-bond acceptors (Lipinski definition) is 5. The minimum Gasteiger partial charge on any atom is -0.397 e. The van der Waals surface area contributed by atoms with Crippen LogP contribution in [0, 0.1) is 10.1 Å². The van der Waals surface area contributed by atoms with Gasteiger partial charge in [0.05, 0.1) is 16.3 Å². The summed E-state index contributed by atoms with van der Waals surface area (Å²) in [5, 5.41) is 13.8. The van der Waals surface area contributed by atoms with Crippen molar-refractivity contribution in [1.82, 2.24) is 0 Å². The van der Waals surface area contributed by atoms with Gasteiger partial charge >= 0.3 is 0 Å². The second-order valence-electron chi connectivity index (χ2n) is 4.01. The van der Waals surface area contributed by atoms with Crippen LogP contribution in [-0.2, 0) is 0 Å². The van der Waals surface area contributed by atoms with Crippen molar-refractivity contribution in [2.45, 2.75) is 19.3 Å². The molecule has 6 heteroatoms. The first-order chi connectivity index (χ1) is 8.65. The SMILES string of the molecule is CSCCCCCNc1ccc([N+](=O)[O-])cc1N. The smallest absolute Gasteiger partial charge is 0.271 e. The maximum Gasteiger partial charge on any atom is 0.271 e. The van der Waals surface area contributed by atoms with Crippen molar-refractivity contribution < 1.29 is 4.92 Å². The van der Waals surface area contributed by atoms with Crippen LogP contribution < -0.4 is 11.1 Å². The number of nitrogens with two attached hydrogens (primary N) is 1. The van der Waals surface area contributed by atoms with Gasteiger partial charge in [0.15, 0.2) is 0 Å². The molecule has 1 aromatic rings. The molecule has 0 fully saturated rings.